The first-order valence-corrected chi connectivity index (χ1v) is 3.83. The van der Waals surface area contributed by atoms with E-state index in [0.29, 0.717) is 4.83 Å². The number of rotatable bonds is 3. The van der Waals surface area contributed by atoms with Gasteiger partial charge in [0.2, 0.25) is 0 Å². The first-order valence-electron chi connectivity index (χ1n) is 2.91. The van der Waals surface area contributed by atoms with E-state index in [4.69, 9.17) is 0 Å². The fraction of sp³-hybridized carbons (Fsp3) is 1.00. The lowest BCUT2D eigenvalue weighted by atomic mass is 10.3. The van der Waals surface area contributed by atoms with E-state index in [0.717, 1.165) is 0 Å². The highest BCUT2D eigenvalue weighted by Crippen LogP contribution is 2.02. The summed E-state index contributed by atoms with van der Waals surface area (Å²) in [5.41, 5.74) is 0. The summed E-state index contributed by atoms with van der Waals surface area (Å²) in [6, 6.07) is 0. The quantitative estimate of drug-likeness (QED) is 0.597. The molecule has 0 radical (unpaired) electrons. The minimum Gasteiger partial charge on any atom is -0.309 e. The number of hydrogen-bond donors (Lipinski definition) is 0. The molecule has 0 aromatic carbocycles. The van der Waals surface area contributed by atoms with Crippen molar-refractivity contribution >= 4 is 15.9 Å². The average molecular weight is 180 g/mol. The fourth-order valence-corrected chi connectivity index (χ4v) is 0.641. The summed E-state index contributed by atoms with van der Waals surface area (Å²) in [7, 11) is 4.19. The third-order valence-electron chi connectivity index (χ3n) is 0.974. The molecule has 0 aromatic rings. The second kappa shape index (κ2) is 4.33. The number of halogens is 1. The van der Waals surface area contributed by atoms with Gasteiger partial charge in [-0.1, -0.05) is 22.9 Å². The molecule has 0 aliphatic heterocycles. The summed E-state index contributed by atoms with van der Waals surface area (Å²) in [5.74, 6) is 0. The van der Waals surface area contributed by atoms with Crippen LogP contribution in [0.4, 0.5) is 0 Å². The number of nitrogens with zero attached hydrogens (tertiary/aromatic N) is 1. The summed E-state index contributed by atoms with van der Waals surface area (Å²) in [6.07, 6.45) is 1.23. The maximum atomic E-state index is 3.48. The van der Waals surface area contributed by atoms with Gasteiger partial charge >= 0.3 is 0 Å². The van der Waals surface area contributed by atoms with Crippen LogP contribution in [0.25, 0.3) is 0 Å². The third-order valence-corrected chi connectivity index (χ3v) is 1.43. The molecule has 0 N–H and O–H groups in total. The Balaban J connectivity index is 2.93. The molecule has 2 heteroatoms. The summed E-state index contributed by atoms with van der Waals surface area (Å²) < 4.78 is 0. The Labute approximate surface area is 60.2 Å². The van der Waals surface area contributed by atoms with Gasteiger partial charge < -0.3 is 4.90 Å². The van der Waals surface area contributed by atoms with E-state index in [2.05, 4.69) is 41.8 Å². The summed E-state index contributed by atoms with van der Waals surface area (Å²) in [6.45, 7) is 3.34. The van der Waals surface area contributed by atoms with Crippen molar-refractivity contribution in [2.45, 2.75) is 18.2 Å². The van der Waals surface area contributed by atoms with Crippen molar-refractivity contribution in [1.82, 2.24) is 4.90 Å². The van der Waals surface area contributed by atoms with Crippen molar-refractivity contribution in [1.29, 1.82) is 0 Å². The number of alkyl halides is 1. The molecule has 50 valence electrons. The second-order valence-electron chi connectivity index (χ2n) is 2.37. The molecule has 0 aromatic heterocycles. The Morgan fingerprint density at radius 2 is 2.00 bits per heavy atom. The Morgan fingerprint density at radius 3 is 2.12 bits per heavy atom. The van der Waals surface area contributed by atoms with Crippen molar-refractivity contribution in [2.24, 2.45) is 0 Å². The zero-order valence-corrected chi connectivity index (χ0v) is 7.40. The first kappa shape index (κ1) is 8.44. The lowest BCUT2D eigenvalue weighted by Crippen LogP contribution is -2.15. The highest BCUT2D eigenvalue weighted by molar-refractivity contribution is 9.09. The van der Waals surface area contributed by atoms with Gasteiger partial charge in [0, 0.05) is 4.83 Å². The van der Waals surface area contributed by atoms with Gasteiger partial charge in [-0.3, -0.25) is 0 Å². The predicted octanol–water partition coefficient (Wildman–Crippen LogP) is 1.72. The van der Waals surface area contributed by atoms with Crippen LogP contribution in [0.5, 0.6) is 0 Å². The van der Waals surface area contributed by atoms with Gasteiger partial charge in [-0.25, -0.2) is 0 Å². The van der Waals surface area contributed by atoms with Gasteiger partial charge in [-0.2, -0.15) is 0 Å². The first-order chi connectivity index (χ1) is 3.63. The lowest BCUT2D eigenvalue weighted by molar-refractivity contribution is 0.401. The maximum absolute atomic E-state index is 3.48. The SMILES string of the molecule is CC(Br)CCN(C)C. The molecule has 0 saturated carbocycles. The van der Waals surface area contributed by atoms with Crippen LogP contribution in [-0.2, 0) is 0 Å². The van der Waals surface area contributed by atoms with E-state index in [1.54, 1.807) is 0 Å². The normalized spacial score (nSPS) is 14.6. The molecule has 1 atom stereocenters. The van der Waals surface area contributed by atoms with Crippen molar-refractivity contribution in [3.8, 4) is 0 Å². The van der Waals surface area contributed by atoms with Gasteiger partial charge in [0.1, 0.15) is 0 Å². The minimum absolute atomic E-state index is 0.657. The Bertz CT molecular complexity index is 44.5. The second-order valence-corrected chi connectivity index (χ2v) is 3.94. The standard InChI is InChI=1S/C6H14BrN/c1-6(7)4-5-8(2)3/h6H,4-5H2,1-3H3. The van der Waals surface area contributed by atoms with E-state index in [1.165, 1.54) is 13.0 Å². The molecule has 0 aliphatic carbocycles. The highest BCUT2D eigenvalue weighted by atomic mass is 79.9. The van der Waals surface area contributed by atoms with Crippen LogP contribution in [0, 0.1) is 0 Å². The van der Waals surface area contributed by atoms with Crippen LogP contribution in [0.2, 0.25) is 0 Å². The van der Waals surface area contributed by atoms with Crippen LogP contribution < -0.4 is 0 Å². The van der Waals surface area contributed by atoms with Crippen LogP contribution in [0.3, 0.4) is 0 Å². The topological polar surface area (TPSA) is 3.24 Å². The van der Waals surface area contributed by atoms with Crippen molar-refractivity contribution in [3.05, 3.63) is 0 Å². The minimum atomic E-state index is 0.657. The number of hydrogen-bond acceptors (Lipinski definition) is 1. The molecular formula is C6H14BrN. The van der Waals surface area contributed by atoms with Crippen molar-refractivity contribution < 1.29 is 0 Å². The largest absolute Gasteiger partial charge is 0.309 e. The van der Waals surface area contributed by atoms with Crippen LogP contribution in [0.15, 0.2) is 0 Å². The molecule has 8 heavy (non-hydrogen) atoms. The molecule has 0 bridgehead atoms. The molecule has 0 fully saturated rings. The van der Waals surface area contributed by atoms with Gasteiger partial charge in [0.05, 0.1) is 0 Å². The van der Waals surface area contributed by atoms with E-state index in [9.17, 15) is 0 Å². The zero-order valence-electron chi connectivity index (χ0n) is 5.82. The van der Waals surface area contributed by atoms with Gasteiger partial charge in [0.15, 0.2) is 0 Å². The fourth-order valence-electron chi connectivity index (χ4n) is 0.436. The maximum Gasteiger partial charge on any atom is 0.0129 e. The molecule has 0 spiro atoms. The Morgan fingerprint density at radius 1 is 1.50 bits per heavy atom. The molecule has 0 saturated heterocycles. The molecule has 1 nitrogen and oxygen atoms in total. The summed E-state index contributed by atoms with van der Waals surface area (Å²) in [5, 5.41) is 0. The predicted molar refractivity (Wildman–Crippen MR) is 41.6 cm³/mol. The highest BCUT2D eigenvalue weighted by Gasteiger charge is 1.94. The van der Waals surface area contributed by atoms with Gasteiger partial charge in [-0.05, 0) is 27.1 Å². The van der Waals surface area contributed by atoms with Crippen molar-refractivity contribution in [3.63, 3.8) is 0 Å². The van der Waals surface area contributed by atoms with E-state index in [1.807, 2.05) is 0 Å². The van der Waals surface area contributed by atoms with Gasteiger partial charge in [0.25, 0.3) is 0 Å². The Hall–Kier alpha value is 0.440. The van der Waals surface area contributed by atoms with Gasteiger partial charge in [-0.15, -0.1) is 0 Å². The monoisotopic (exact) mass is 179 g/mol. The molecule has 0 heterocycles. The lowest BCUT2D eigenvalue weighted by Gasteiger charge is -2.09. The summed E-state index contributed by atoms with van der Waals surface area (Å²) in [4.78, 5) is 2.85. The molecule has 0 amide bonds. The molecule has 0 aliphatic rings. The molecule has 1 unspecified atom stereocenters. The van der Waals surface area contributed by atoms with Crippen LogP contribution in [0.1, 0.15) is 13.3 Å². The smallest absolute Gasteiger partial charge is 0.0129 e. The van der Waals surface area contributed by atoms with E-state index in [-0.39, 0.29) is 0 Å². The Kier molecular flexibility index (Phi) is 4.57. The van der Waals surface area contributed by atoms with Crippen LogP contribution in [-0.4, -0.2) is 30.4 Å². The van der Waals surface area contributed by atoms with E-state index >= 15 is 0 Å². The average Bonchev–Trinajstić information content (AvgIpc) is 1.61. The van der Waals surface area contributed by atoms with E-state index < -0.39 is 0 Å². The summed E-state index contributed by atoms with van der Waals surface area (Å²) >= 11 is 3.48. The van der Waals surface area contributed by atoms with Crippen molar-refractivity contribution in [2.75, 3.05) is 20.6 Å². The molecule has 0 rings (SSSR count). The zero-order chi connectivity index (χ0) is 6.57. The third kappa shape index (κ3) is 6.44. The molecular weight excluding hydrogens is 166 g/mol. The van der Waals surface area contributed by atoms with Crippen LogP contribution >= 0.6 is 15.9 Å².